The first-order valence-corrected chi connectivity index (χ1v) is 5.59. The maximum Gasteiger partial charge on any atom is 0.335 e. The van der Waals surface area contributed by atoms with Gasteiger partial charge < -0.3 is 9.84 Å². The molecule has 1 rings (SSSR count). The molecule has 0 unspecified atom stereocenters. The second-order valence-corrected chi connectivity index (χ2v) is 3.69. The van der Waals surface area contributed by atoms with Gasteiger partial charge in [-0.25, -0.2) is 4.79 Å². The summed E-state index contributed by atoms with van der Waals surface area (Å²) in [6.45, 7) is 2.01. The number of hydrogen-bond donors (Lipinski definition) is 1. The Bertz CT molecular complexity index is 526. The summed E-state index contributed by atoms with van der Waals surface area (Å²) in [7, 11) is 0. The van der Waals surface area contributed by atoms with Gasteiger partial charge >= 0.3 is 11.9 Å². The van der Waals surface area contributed by atoms with Gasteiger partial charge in [-0.2, -0.15) is 0 Å². The van der Waals surface area contributed by atoms with Crippen LogP contribution < -0.4 is 0 Å². The molecule has 18 heavy (non-hydrogen) atoms. The molecule has 0 spiro atoms. The summed E-state index contributed by atoms with van der Waals surface area (Å²) < 4.78 is 4.70. The number of aromatic carboxylic acids is 1. The predicted octanol–water partition coefficient (Wildman–Crippen LogP) is 2.34. The molecule has 0 fully saturated rings. The van der Waals surface area contributed by atoms with Crippen LogP contribution in [-0.2, 0) is 9.53 Å². The second kappa shape index (κ2) is 6.67. The van der Waals surface area contributed by atoms with Gasteiger partial charge in [-0.15, -0.1) is 0 Å². The van der Waals surface area contributed by atoms with Crippen LogP contribution in [0.3, 0.4) is 0 Å². The quantitative estimate of drug-likeness (QED) is 0.674. The number of carboxylic acid groups (broad SMARTS) is 1. The van der Waals surface area contributed by atoms with E-state index in [1.165, 1.54) is 18.2 Å². The average molecular weight is 267 g/mol. The highest BCUT2D eigenvalue weighted by Crippen LogP contribution is 2.16. The van der Waals surface area contributed by atoms with E-state index in [0.29, 0.717) is 17.2 Å². The number of benzene rings is 1. The largest absolute Gasteiger partial charge is 0.478 e. The van der Waals surface area contributed by atoms with Gasteiger partial charge in [0, 0.05) is 5.56 Å². The predicted molar refractivity (Wildman–Crippen MR) is 66.5 cm³/mol. The molecule has 94 valence electrons. The molecule has 1 aromatic rings. The van der Waals surface area contributed by atoms with Crippen LogP contribution in [-0.4, -0.2) is 23.7 Å². The summed E-state index contributed by atoms with van der Waals surface area (Å²) in [5.74, 6) is 3.77. The minimum atomic E-state index is -1.06. The van der Waals surface area contributed by atoms with E-state index in [0.717, 1.165) is 0 Å². The van der Waals surface area contributed by atoms with Crippen LogP contribution in [0.5, 0.6) is 0 Å². The molecule has 0 bridgehead atoms. The molecule has 0 aliphatic carbocycles. The lowest BCUT2D eigenvalue weighted by molar-refractivity contribution is -0.141. The van der Waals surface area contributed by atoms with Crippen LogP contribution in [0.4, 0.5) is 0 Å². The lowest BCUT2D eigenvalue weighted by Gasteiger charge is -1.98. The maximum absolute atomic E-state index is 11.0. The highest BCUT2D eigenvalue weighted by molar-refractivity contribution is 6.31. The number of carboxylic acids is 1. The summed E-state index contributed by atoms with van der Waals surface area (Å²) in [6.07, 6.45) is -0.0541. The maximum atomic E-state index is 11.0. The molecule has 0 saturated carbocycles. The highest BCUT2D eigenvalue weighted by atomic mass is 35.5. The molecule has 0 aliphatic rings. The molecule has 0 saturated heterocycles. The Labute approximate surface area is 110 Å². The third-order valence-corrected chi connectivity index (χ3v) is 2.30. The third kappa shape index (κ3) is 4.11. The average Bonchev–Trinajstić information content (AvgIpc) is 2.31. The van der Waals surface area contributed by atoms with Crippen LogP contribution in [0, 0.1) is 11.8 Å². The minimum absolute atomic E-state index is 0.0541. The van der Waals surface area contributed by atoms with Gasteiger partial charge in [0.2, 0.25) is 0 Å². The van der Waals surface area contributed by atoms with Crippen LogP contribution >= 0.6 is 11.6 Å². The number of carbonyl (C=O) groups is 2. The van der Waals surface area contributed by atoms with Gasteiger partial charge in [0.1, 0.15) is 6.42 Å². The molecule has 0 amide bonds. The second-order valence-electron chi connectivity index (χ2n) is 3.28. The standard InChI is InChI=1S/C13H11ClO4/c1-2-18-12(15)5-3-4-9-8-10(13(16)17)6-7-11(9)14/h6-8H,2,5H2,1H3,(H,16,17). The number of esters is 1. The highest BCUT2D eigenvalue weighted by Gasteiger charge is 2.05. The SMILES string of the molecule is CCOC(=O)CC#Cc1cc(C(=O)O)ccc1Cl. The van der Waals surface area contributed by atoms with E-state index in [9.17, 15) is 9.59 Å². The Morgan fingerprint density at radius 3 is 2.78 bits per heavy atom. The lowest BCUT2D eigenvalue weighted by Crippen LogP contribution is -2.01. The van der Waals surface area contributed by atoms with Crippen molar-refractivity contribution in [2.75, 3.05) is 6.61 Å². The molecule has 0 aliphatic heterocycles. The molecular weight excluding hydrogens is 256 g/mol. The van der Waals surface area contributed by atoms with Gasteiger partial charge in [-0.1, -0.05) is 23.4 Å². The molecule has 0 atom stereocenters. The van der Waals surface area contributed by atoms with Gasteiger partial charge in [0.05, 0.1) is 17.2 Å². The monoisotopic (exact) mass is 266 g/mol. The number of halogens is 1. The van der Waals surface area contributed by atoms with Crippen molar-refractivity contribution in [3.05, 3.63) is 34.3 Å². The van der Waals surface area contributed by atoms with Crippen molar-refractivity contribution in [1.82, 2.24) is 0 Å². The Morgan fingerprint density at radius 1 is 1.44 bits per heavy atom. The van der Waals surface area contributed by atoms with Gasteiger partial charge in [-0.05, 0) is 25.1 Å². The van der Waals surface area contributed by atoms with E-state index in [4.69, 9.17) is 21.4 Å². The summed E-state index contributed by atoms with van der Waals surface area (Å²) in [4.78, 5) is 21.8. The van der Waals surface area contributed by atoms with Crippen molar-refractivity contribution in [1.29, 1.82) is 0 Å². The fourth-order valence-corrected chi connectivity index (χ4v) is 1.34. The molecule has 1 aromatic carbocycles. The molecule has 0 heterocycles. The van der Waals surface area contributed by atoms with Crippen molar-refractivity contribution >= 4 is 23.5 Å². The first-order valence-electron chi connectivity index (χ1n) is 5.22. The lowest BCUT2D eigenvalue weighted by atomic mass is 10.1. The fraction of sp³-hybridized carbons (Fsp3) is 0.231. The first-order chi connectivity index (χ1) is 8.54. The van der Waals surface area contributed by atoms with E-state index < -0.39 is 11.9 Å². The topological polar surface area (TPSA) is 63.6 Å². The van der Waals surface area contributed by atoms with Crippen molar-refractivity contribution in [3.63, 3.8) is 0 Å². The molecule has 5 heteroatoms. The first kappa shape index (κ1) is 14.1. The zero-order valence-corrected chi connectivity index (χ0v) is 10.5. The summed E-state index contributed by atoms with van der Waals surface area (Å²) in [5, 5.41) is 9.16. The fourth-order valence-electron chi connectivity index (χ4n) is 1.18. The number of hydrogen-bond acceptors (Lipinski definition) is 3. The zero-order valence-electron chi connectivity index (χ0n) is 9.70. The van der Waals surface area contributed by atoms with Crippen LogP contribution in [0.1, 0.15) is 29.3 Å². The van der Waals surface area contributed by atoms with E-state index in [-0.39, 0.29) is 12.0 Å². The molecule has 1 N–H and O–H groups in total. The third-order valence-electron chi connectivity index (χ3n) is 1.97. The van der Waals surface area contributed by atoms with E-state index in [1.807, 2.05) is 0 Å². The molecular formula is C13H11ClO4. The molecule has 4 nitrogen and oxygen atoms in total. The van der Waals surface area contributed by atoms with Crippen molar-refractivity contribution in [3.8, 4) is 11.8 Å². The van der Waals surface area contributed by atoms with Gasteiger partial charge in [0.15, 0.2) is 0 Å². The van der Waals surface area contributed by atoms with Crippen LogP contribution in [0.15, 0.2) is 18.2 Å². The van der Waals surface area contributed by atoms with Gasteiger partial charge in [0.25, 0.3) is 0 Å². The number of carbonyl (C=O) groups excluding carboxylic acids is 1. The van der Waals surface area contributed by atoms with Crippen LogP contribution in [0.2, 0.25) is 5.02 Å². The van der Waals surface area contributed by atoms with E-state index in [1.54, 1.807) is 6.92 Å². The van der Waals surface area contributed by atoms with Crippen molar-refractivity contribution in [2.45, 2.75) is 13.3 Å². The Kier molecular flexibility index (Phi) is 5.22. The number of ether oxygens (including phenoxy) is 1. The minimum Gasteiger partial charge on any atom is -0.478 e. The summed E-state index contributed by atoms with van der Waals surface area (Å²) >= 11 is 5.87. The van der Waals surface area contributed by atoms with E-state index >= 15 is 0 Å². The Balaban J connectivity index is 2.84. The van der Waals surface area contributed by atoms with Gasteiger partial charge in [-0.3, -0.25) is 4.79 Å². The Hall–Kier alpha value is -1.99. The summed E-state index contributed by atoms with van der Waals surface area (Å²) in [5.41, 5.74) is 0.473. The Morgan fingerprint density at radius 2 is 2.17 bits per heavy atom. The molecule has 0 aromatic heterocycles. The zero-order chi connectivity index (χ0) is 13.5. The van der Waals surface area contributed by atoms with E-state index in [2.05, 4.69) is 11.8 Å². The van der Waals surface area contributed by atoms with Crippen LogP contribution in [0.25, 0.3) is 0 Å². The molecule has 0 radical (unpaired) electrons. The van der Waals surface area contributed by atoms with Crippen molar-refractivity contribution in [2.24, 2.45) is 0 Å². The summed E-state index contributed by atoms with van der Waals surface area (Å²) in [6, 6.07) is 4.21. The normalized spacial score (nSPS) is 9.22. The van der Waals surface area contributed by atoms with Crippen molar-refractivity contribution < 1.29 is 19.4 Å². The number of rotatable bonds is 3. The smallest absolute Gasteiger partial charge is 0.335 e.